The number of rotatable bonds is 9. The van der Waals surface area contributed by atoms with E-state index in [1.807, 2.05) is 23.9 Å². The molecular weight excluding hydrogens is 493 g/mol. The summed E-state index contributed by atoms with van der Waals surface area (Å²) in [6.07, 6.45) is 8.35. The van der Waals surface area contributed by atoms with Crippen LogP contribution in [0.5, 0.6) is 0 Å². The van der Waals surface area contributed by atoms with E-state index in [2.05, 4.69) is 29.6 Å². The van der Waals surface area contributed by atoms with Crippen molar-refractivity contribution in [1.29, 1.82) is 0 Å². The third-order valence-corrected chi connectivity index (χ3v) is 5.53. The SMILES string of the molecule is Cc1nn(C)c(C)c1CCCNC(=NCC1CCCCO1)NCCc1ccco1.I. The zero-order chi connectivity index (χ0) is 20.5. The van der Waals surface area contributed by atoms with Crippen molar-refractivity contribution in [3.8, 4) is 0 Å². The summed E-state index contributed by atoms with van der Waals surface area (Å²) in [6.45, 7) is 7.44. The number of nitrogens with zero attached hydrogens (tertiary/aromatic N) is 3. The van der Waals surface area contributed by atoms with Crippen molar-refractivity contribution in [1.82, 2.24) is 20.4 Å². The molecule has 0 radical (unpaired) electrons. The summed E-state index contributed by atoms with van der Waals surface area (Å²) < 4.78 is 13.2. The van der Waals surface area contributed by atoms with E-state index in [4.69, 9.17) is 14.1 Å². The maximum atomic E-state index is 5.82. The second-order valence-electron chi connectivity index (χ2n) is 7.74. The van der Waals surface area contributed by atoms with Crippen LogP contribution in [-0.2, 0) is 24.6 Å². The van der Waals surface area contributed by atoms with Gasteiger partial charge in [-0.05, 0) is 63.6 Å². The first-order chi connectivity index (χ1) is 14.1. The molecule has 0 saturated carbocycles. The molecule has 3 rings (SSSR count). The van der Waals surface area contributed by atoms with E-state index in [1.165, 1.54) is 24.1 Å². The lowest BCUT2D eigenvalue weighted by atomic mass is 10.1. The highest BCUT2D eigenvalue weighted by Gasteiger charge is 2.13. The summed E-state index contributed by atoms with van der Waals surface area (Å²) >= 11 is 0. The number of aromatic nitrogens is 2. The largest absolute Gasteiger partial charge is 0.469 e. The fourth-order valence-corrected chi connectivity index (χ4v) is 3.73. The molecule has 0 amide bonds. The number of guanidine groups is 1. The molecule has 1 saturated heterocycles. The van der Waals surface area contributed by atoms with E-state index in [0.29, 0.717) is 6.54 Å². The molecule has 2 N–H and O–H groups in total. The van der Waals surface area contributed by atoms with Gasteiger partial charge in [0.15, 0.2) is 5.96 Å². The Balaban J connectivity index is 0.00000320. The second kappa shape index (κ2) is 13.0. The van der Waals surface area contributed by atoms with E-state index in [1.54, 1.807) is 6.26 Å². The predicted molar refractivity (Wildman–Crippen MR) is 131 cm³/mol. The van der Waals surface area contributed by atoms with Crippen LogP contribution < -0.4 is 10.6 Å². The maximum absolute atomic E-state index is 5.82. The van der Waals surface area contributed by atoms with Crippen LogP contribution in [-0.4, -0.2) is 48.1 Å². The summed E-state index contributed by atoms with van der Waals surface area (Å²) in [4.78, 5) is 4.77. The fraction of sp³-hybridized carbons (Fsp3) is 0.636. The number of nitrogens with one attached hydrogen (secondary N) is 2. The van der Waals surface area contributed by atoms with Crippen LogP contribution in [0.15, 0.2) is 27.8 Å². The van der Waals surface area contributed by atoms with Crippen LogP contribution in [0.1, 0.15) is 48.4 Å². The Morgan fingerprint density at radius 2 is 2.07 bits per heavy atom. The molecule has 1 atom stereocenters. The van der Waals surface area contributed by atoms with E-state index < -0.39 is 0 Å². The average Bonchev–Trinajstić information content (AvgIpc) is 3.32. The first kappa shape index (κ1) is 24.7. The van der Waals surface area contributed by atoms with Gasteiger partial charge in [-0.3, -0.25) is 9.67 Å². The van der Waals surface area contributed by atoms with Crippen LogP contribution in [0.4, 0.5) is 0 Å². The lowest BCUT2D eigenvalue weighted by Gasteiger charge is -2.21. The average molecular weight is 529 g/mol. The molecule has 7 nitrogen and oxygen atoms in total. The number of furan rings is 1. The van der Waals surface area contributed by atoms with Gasteiger partial charge in [-0.2, -0.15) is 5.10 Å². The summed E-state index contributed by atoms with van der Waals surface area (Å²) in [7, 11) is 2.01. The molecular formula is C22H36IN5O2. The van der Waals surface area contributed by atoms with Gasteiger partial charge in [0.2, 0.25) is 0 Å². The van der Waals surface area contributed by atoms with E-state index in [-0.39, 0.29) is 30.1 Å². The molecule has 0 aromatic carbocycles. The lowest BCUT2D eigenvalue weighted by molar-refractivity contribution is 0.0224. The van der Waals surface area contributed by atoms with Gasteiger partial charge in [0, 0.05) is 38.9 Å². The topological polar surface area (TPSA) is 76.6 Å². The Labute approximate surface area is 197 Å². The number of aryl methyl sites for hydroxylation is 2. The molecule has 30 heavy (non-hydrogen) atoms. The molecule has 0 spiro atoms. The summed E-state index contributed by atoms with van der Waals surface area (Å²) in [6, 6.07) is 3.92. The molecule has 1 aliphatic rings. The molecule has 8 heteroatoms. The van der Waals surface area contributed by atoms with Crippen molar-refractivity contribution in [2.75, 3.05) is 26.2 Å². The van der Waals surface area contributed by atoms with Gasteiger partial charge in [-0.15, -0.1) is 24.0 Å². The van der Waals surface area contributed by atoms with Gasteiger partial charge in [0.25, 0.3) is 0 Å². The predicted octanol–water partition coefficient (Wildman–Crippen LogP) is 3.53. The molecule has 1 fully saturated rings. The number of hydrogen-bond donors (Lipinski definition) is 2. The molecule has 168 valence electrons. The minimum Gasteiger partial charge on any atom is -0.469 e. The zero-order valence-corrected chi connectivity index (χ0v) is 20.8. The molecule has 1 aliphatic heterocycles. The third-order valence-electron chi connectivity index (χ3n) is 5.53. The van der Waals surface area contributed by atoms with E-state index in [0.717, 1.165) is 62.8 Å². The lowest BCUT2D eigenvalue weighted by Crippen LogP contribution is -2.40. The van der Waals surface area contributed by atoms with Crippen LogP contribution in [0, 0.1) is 13.8 Å². The number of halogens is 1. The van der Waals surface area contributed by atoms with Crippen LogP contribution in [0.2, 0.25) is 0 Å². The van der Waals surface area contributed by atoms with Crippen LogP contribution in [0.3, 0.4) is 0 Å². The summed E-state index contributed by atoms with van der Waals surface area (Å²) in [5, 5.41) is 11.4. The van der Waals surface area contributed by atoms with Crippen LogP contribution >= 0.6 is 24.0 Å². The first-order valence-corrected chi connectivity index (χ1v) is 10.8. The normalized spacial score (nSPS) is 16.9. The van der Waals surface area contributed by atoms with Crippen molar-refractivity contribution in [2.24, 2.45) is 12.0 Å². The first-order valence-electron chi connectivity index (χ1n) is 10.8. The molecule has 0 bridgehead atoms. The highest BCUT2D eigenvalue weighted by Crippen LogP contribution is 2.14. The molecule has 1 unspecified atom stereocenters. The second-order valence-corrected chi connectivity index (χ2v) is 7.74. The van der Waals surface area contributed by atoms with Crippen molar-refractivity contribution < 1.29 is 9.15 Å². The smallest absolute Gasteiger partial charge is 0.191 e. The molecule has 2 aromatic rings. The highest BCUT2D eigenvalue weighted by molar-refractivity contribution is 14.0. The Kier molecular flexibility index (Phi) is 10.7. The Bertz CT molecular complexity index is 767. The summed E-state index contributed by atoms with van der Waals surface area (Å²) in [5.41, 5.74) is 3.74. The van der Waals surface area contributed by atoms with Gasteiger partial charge in [0.05, 0.1) is 24.6 Å². The van der Waals surface area contributed by atoms with Gasteiger partial charge >= 0.3 is 0 Å². The Morgan fingerprint density at radius 3 is 2.73 bits per heavy atom. The van der Waals surface area contributed by atoms with Gasteiger partial charge in [0.1, 0.15) is 5.76 Å². The van der Waals surface area contributed by atoms with Gasteiger partial charge in [-0.1, -0.05) is 0 Å². The zero-order valence-electron chi connectivity index (χ0n) is 18.4. The van der Waals surface area contributed by atoms with Crippen LogP contribution in [0.25, 0.3) is 0 Å². The highest BCUT2D eigenvalue weighted by atomic mass is 127. The number of aliphatic imine (C=N–C) groups is 1. The number of ether oxygens (including phenoxy) is 1. The van der Waals surface area contributed by atoms with E-state index >= 15 is 0 Å². The van der Waals surface area contributed by atoms with Gasteiger partial charge in [-0.25, -0.2) is 0 Å². The molecule has 3 heterocycles. The summed E-state index contributed by atoms with van der Waals surface area (Å²) in [5.74, 6) is 1.83. The minimum atomic E-state index is 0. The Hall–Kier alpha value is -1.55. The van der Waals surface area contributed by atoms with Crippen molar-refractivity contribution in [3.05, 3.63) is 41.1 Å². The monoisotopic (exact) mass is 529 g/mol. The van der Waals surface area contributed by atoms with Crippen molar-refractivity contribution >= 4 is 29.9 Å². The Morgan fingerprint density at radius 1 is 1.23 bits per heavy atom. The quantitative estimate of drug-likeness (QED) is 0.225. The van der Waals surface area contributed by atoms with Gasteiger partial charge < -0.3 is 19.8 Å². The number of hydrogen-bond acceptors (Lipinski definition) is 4. The molecule has 2 aromatic heterocycles. The van der Waals surface area contributed by atoms with Crippen molar-refractivity contribution in [2.45, 2.75) is 58.5 Å². The standard InChI is InChI=1S/C22H35N5O2.HI/c1-17-21(18(2)27(3)26-17)10-6-12-23-22(24-13-11-19-9-7-15-28-19)25-16-20-8-4-5-14-29-20;/h7,9,15,20H,4-6,8,10-14,16H2,1-3H3,(H2,23,24,25);1H. The maximum Gasteiger partial charge on any atom is 0.191 e. The van der Waals surface area contributed by atoms with E-state index in [9.17, 15) is 0 Å². The third kappa shape index (κ3) is 7.61. The fourth-order valence-electron chi connectivity index (χ4n) is 3.73. The minimum absolute atomic E-state index is 0. The molecule has 0 aliphatic carbocycles. The van der Waals surface area contributed by atoms with Crippen molar-refractivity contribution in [3.63, 3.8) is 0 Å².